The van der Waals surface area contributed by atoms with E-state index in [9.17, 15) is 5.11 Å². The van der Waals surface area contributed by atoms with Gasteiger partial charge in [-0.1, -0.05) is 13.3 Å². The van der Waals surface area contributed by atoms with E-state index in [4.69, 9.17) is 6.42 Å². The first kappa shape index (κ1) is 11.6. The van der Waals surface area contributed by atoms with Crippen LogP contribution in [0.25, 0.3) is 0 Å². The first-order valence-corrected chi connectivity index (χ1v) is 5.58. The van der Waals surface area contributed by atoms with Gasteiger partial charge in [0.15, 0.2) is 0 Å². The van der Waals surface area contributed by atoms with E-state index >= 15 is 0 Å². The first-order valence-electron chi connectivity index (χ1n) is 5.58. The van der Waals surface area contributed by atoms with Gasteiger partial charge in [0.25, 0.3) is 0 Å². The summed E-state index contributed by atoms with van der Waals surface area (Å²) in [5.41, 5.74) is -0.572. The Bertz CT molecular complexity index is 199. The van der Waals surface area contributed by atoms with Gasteiger partial charge in [-0.05, 0) is 25.8 Å². The molecule has 0 aromatic carbocycles. The minimum atomic E-state index is -0.572. The molecule has 80 valence electrons. The maximum atomic E-state index is 10.0. The summed E-state index contributed by atoms with van der Waals surface area (Å²) in [6, 6.07) is 0. The predicted octanol–water partition coefficient (Wildman–Crippen LogP) is 1.64. The van der Waals surface area contributed by atoms with Gasteiger partial charge in [0.05, 0.1) is 5.60 Å². The molecule has 0 bridgehead atoms. The molecule has 1 saturated heterocycles. The van der Waals surface area contributed by atoms with Crippen molar-refractivity contribution >= 4 is 0 Å². The van der Waals surface area contributed by atoms with E-state index in [0.29, 0.717) is 6.42 Å². The first-order chi connectivity index (χ1) is 6.70. The molecule has 14 heavy (non-hydrogen) atoms. The van der Waals surface area contributed by atoms with E-state index in [0.717, 1.165) is 25.9 Å². The lowest BCUT2D eigenvalue weighted by Gasteiger charge is -2.37. The highest BCUT2D eigenvalue weighted by molar-refractivity contribution is 4.97. The largest absolute Gasteiger partial charge is 0.389 e. The molecule has 1 N–H and O–H groups in total. The average molecular weight is 195 g/mol. The Hall–Kier alpha value is -0.520. The van der Waals surface area contributed by atoms with Gasteiger partial charge in [-0.15, -0.1) is 12.3 Å². The number of likely N-dealkylation sites (tertiary alicyclic amines) is 1. The zero-order valence-corrected chi connectivity index (χ0v) is 9.13. The minimum absolute atomic E-state index is 0.509. The fraction of sp³-hybridized carbons (Fsp3) is 0.833. The van der Waals surface area contributed by atoms with Crippen LogP contribution in [0.2, 0.25) is 0 Å². The van der Waals surface area contributed by atoms with Crippen LogP contribution in [0.5, 0.6) is 0 Å². The molecule has 1 heterocycles. The van der Waals surface area contributed by atoms with Gasteiger partial charge in [-0.3, -0.25) is 0 Å². The Morgan fingerprint density at radius 1 is 1.43 bits per heavy atom. The second-order valence-corrected chi connectivity index (χ2v) is 4.30. The number of hydrogen-bond acceptors (Lipinski definition) is 2. The highest BCUT2D eigenvalue weighted by Gasteiger charge is 2.30. The third-order valence-electron chi connectivity index (χ3n) is 3.05. The van der Waals surface area contributed by atoms with Crippen molar-refractivity contribution in [3.05, 3.63) is 0 Å². The lowest BCUT2D eigenvalue weighted by atomic mass is 9.88. The van der Waals surface area contributed by atoms with E-state index < -0.39 is 5.60 Å². The molecule has 0 saturated carbocycles. The van der Waals surface area contributed by atoms with Crippen LogP contribution in [0, 0.1) is 12.3 Å². The van der Waals surface area contributed by atoms with Gasteiger partial charge in [0.2, 0.25) is 0 Å². The molecular weight excluding hydrogens is 174 g/mol. The molecule has 0 amide bonds. The number of unbranched alkanes of at least 4 members (excludes halogenated alkanes) is 1. The molecule has 0 atom stereocenters. The maximum Gasteiger partial charge on any atom is 0.0780 e. The Kier molecular flexibility index (Phi) is 4.44. The smallest absolute Gasteiger partial charge is 0.0780 e. The third-order valence-corrected chi connectivity index (χ3v) is 3.05. The molecule has 1 aliphatic rings. The van der Waals surface area contributed by atoms with E-state index in [1.54, 1.807) is 0 Å². The topological polar surface area (TPSA) is 23.5 Å². The summed E-state index contributed by atoms with van der Waals surface area (Å²) in [5, 5.41) is 10.0. The summed E-state index contributed by atoms with van der Waals surface area (Å²) >= 11 is 0. The number of aliphatic hydroxyl groups is 1. The molecule has 1 fully saturated rings. The monoisotopic (exact) mass is 195 g/mol. The molecule has 0 aromatic rings. The number of nitrogens with zero attached hydrogens (tertiary/aromatic N) is 1. The fourth-order valence-corrected chi connectivity index (χ4v) is 1.94. The number of hydrogen-bond donors (Lipinski definition) is 1. The quantitative estimate of drug-likeness (QED) is 0.689. The van der Waals surface area contributed by atoms with Gasteiger partial charge in [0.1, 0.15) is 0 Å². The third kappa shape index (κ3) is 3.32. The van der Waals surface area contributed by atoms with Crippen molar-refractivity contribution in [3.8, 4) is 12.3 Å². The summed E-state index contributed by atoms with van der Waals surface area (Å²) in [7, 11) is 0. The molecule has 1 aliphatic heterocycles. The van der Waals surface area contributed by atoms with Crippen molar-refractivity contribution < 1.29 is 5.11 Å². The van der Waals surface area contributed by atoms with Crippen molar-refractivity contribution in [1.29, 1.82) is 0 Å². The fourth-order valence-electron chi connectivity index (χ4n) is 1.94. The number of terminal acetylenes is 1. The highest BCUT2D eigenvalue weighted by atomic mass is 16.3. The maximum absolute atomic E-state index is 10.0. The summed E-state index contributed by atoms with van der Waals surface area (Å²) in [6.45, 7) is 5.37. The Morgan fingerprint density at radius 2 is 2.07 bits per heavy atom. The van der Waals surface area contributed by atoms with E-state index in [1.807, 2.05) is 0 Å². The van der Waals surface area contributed by atoms with Crippen molar-refractivity contribution in [3.63, 3.8) is 0 Å². The van der Waals surface area contributed by atoms with Crippen LogP contribution in [0.1, 0.15) is 39.0 Å². The minimum Gasteiger partial charge on any atom is -0.389 e. The SMILES string of the molecule is C#CCC1(O)CCN(CCCC)CC1. The molecule has 0 aromatic heterocycles. The van der Waals surface area contributed by atoms with Crippen molar-refractivity contribution in [1.82, 2.24) is 4.90 Å². The molecule has 0 spiro atoms. The lowest BCUT2D eigenvalue weighted by Crippen LogP contribution is -2.44. The van der Waals surface area contributed by atoms with E-state index in [2.05, 4.69) is 17.7 Å². The van der Waals surface area contributed by atoms with Crippen molar-refractivity contribution in [2.24, 2.45) is 0 Å². The second-order valence-electron chi connectivity index (χ2n) is 4.30. The lowest BCUT2D eigenvalue weighted by molar-refractivity contribution is -0.0169. The standard InChI is InChI=1S/C12H21NO/c1-3-5-9-13-10-7-12(14,6-4-2)8-11-13/h2,14H,3,5-11H2,1H3. The summed E-state index contributed by atoms with van der Waals surface area (Å²) in [5.74, 6) is 2.57. The molecule has 0 aliphatic carbocycles. The van der Waals surface area contributed by atoms with E-state index in [-0.39, 0.29) is 0 Å². The Balaban J connectivity index is 2.27. The van der Waals surface area contributed by atoms with Crippen molar-refractivity contribution in [2.75, 3.05) is 19.6 Å². The molecule has 0 unspecified atom stereocenters. The van der Waals surface area contributed by atoms with Gasteiger partial charge in [-0.2, -0.15) is 0 Å². The van der Waals surface area contributed by atoms with Crippen LogP contribution in [0.4, 0.5) is 0 Å². The van der Waals surface area contributed by atoms with Gasteiger partial charge in [0, 0.05) is 19.5 Å². The zero-order valence-electron chi connectivity index (χ0n) is 9.13. The molecule has 0 radical (unpaired) electrons. The van der Waals surface area contributed by atoms with Gasteiger partial charge in [-0.25, -0.2) is 0 Å². The Morgan fingerprint density at radius 3 is 2.57 bits per heavy atom. The van der Waals surface area contributed by atoms with Gasteiger partial charge >= 0.3 is 0 Å². The predicted molar refractivity (Wildman–Crippen MR) is 59.0 cm³/mol. The molecular formula is C12H21NO. The van der Waals surface area contributed by atoms with Crippen LogP contribution in [0.15, 0.2) is 0 Å². The Labute approximate surface area is 87.3 Å². The number of rotatable bonds is 4. The molecule has 2 nitrogen and oxygen atoms in total. The van der Waals surface area contributed by atoms with Crippen LogP contribution >= 0.6 is 0 Å². The van der Waals surface area contributed by atoms with Gasteiger partial charge < -0.3 is 10.0 Å². The average Bonchev–Trinajstić information content (AvgIpc) is 2.17. The zero-order chi connectivity index (χ0) is 10.4. The summed E-state index contributed by atoms with van der Waals surface area (Å²) in [4.78, 5) is 2.43. The summed E-state index contributed by atoms with van der Waals surface area (Å²) in [6.07, 6.45) is 9.91. The van der Waals surface area contributed by atoms with E-state index in [1.165, 1.54) is 19.4 Å². The highest BCUT2D eigenvalue weighted by Crippen LogP contribution is 2.25. The van der Waals surface area contributed by atoms with Crippen LogP contribution in [-0.4, -0.2) is 35.2 Å². The molecule has 1 rings (SSSR count). The van der Waals surface area contributed by atoms with Crippen LogP contribution < -0.4 is 0 Å². The van der Waals surface area contributed by atoms with Crippen LogP contribution in [0.3, 0.4) is 0 Å². The normalized spacial score (nSPS) is 21.8. The summed E-state index contributed by atoms with van der Waals surface area (Å²) < 4.78 is 0. The number of piperidine rings is 1. The van der Waals surface area contributed by atoms with Crippen LogP contribution in [-0.2, 0) is 0 Å². The second kappa shape index (κ2) is 5.38. The van der Waals surface area contributed by atoms with Crippen molar-refractivity contribution in [2.45, 2.75) is 44.6 Å². The molecule has 2 heteroatoms.